The van der Waals surface area contributed by atoms with Gasteiger partial charge in [0.15, 0.2) is 5.78 Å². The van der Waals surface area contributed by atoms with E-state index in [4.69, 9.17) is 4.74 Å². The van der Waals surface area contributed by atoms with Crippen molar-refractivity contribution in [3.63, 3.8) is 0 Å². The number of ether oxygens (including phenoxy) is 1. The molecule has 1 atom stereocenters. The molecule has 3 heteroatoms. The molecule has 0 aliphatic rings. The highest BCUT2D eigenvalue weighted by molar-refractivity contribution is 6.00. The number of carbonyl (C=O) groups excluding carboxylic acids is 1. The lowest BCUT2D eigenvalue weighted by Gasteiger charge is -2.20. The van der Waals surface area contributed by atoms with E-state index in [1.807, 2.05) is 20.8 Å². The van der Waals surface area contributed by atoms with E-state index in [-0.39, 0.29) is 17.5 Å². The number of Topliss-reactive ketones (excluding diaryl/α,β-unsaturated/α-hetero) is 1. The van der Waals surface area contributed by atoms with Crippen LogP contribution in [0.15, 0.2) is 18.2 Å². The zero-order chi connectivity index (χ0) is 13.0. The Labute approximate surface area is 102 Å². The second kappa shape index (κ2) is 5.92. The van der Waals surface area contributed by atoms with Crippen molar-refractivity contribution in [2.24, 2.45) is 5.92 Å². The van der Waals surface area contributed by atoms with Gasteiger partial charge in [-0.05, 0) is 43.5 Å². The van der Waals surface area contributed by atoms with Crippen LogP contribution in [0.4, 0.5) is 4.39 Å². The molecule has 94 valence electrons. The van der Waals surface area contributed by atoms with Gasteiger partial charge in [0.05, 0.1) is 0 Å². The molecule has 1 aromatic rings. The van der Waals surface area contributed by atoms with Crippen LogP contribution in [-0.4, -0.2) is 18.5 Å². The summed E-state index contributed by atoms with van der Waals surface area (Å²) >= 11 is 0. The number of aryl methyl sites for hydroxylation is 1. The summed E-state index contributed by atoms with van der Waals surface area (Å²) in [4.78, 5) is 12.3. The van der Waals surface area contributed by atoms with Gasteiger partial charge in [0.2, 0.25) is 0 Å². The first kappa shape index (κ1) is 13.8. The summed E-state index contributed by atoms with van der Waals surface area (Å²) in [6.45, 7) is 7.98. The van der Waals surface area contributed by atoms with Crippen LogP contribution in [0.25, 0.3) is 0 Å². The molecule has 1 aromatic carbocycles. The minimum absolute atomic E-state index is 0.0700. The van der Waals surface area contributed by atoms with Gasteiger partial charge in [-0.15, -0.1) is 0 Å². The Morgan fingerprint density at radius 3 is 2.53 bits per heavy atom. The maximum Gasteiger partial charge on any atom is 0.192 e. The van der Waals surface area contributed by atoms with Gasteiger partial charge in [0, 0.05) is 12.2 Å². The molecule has 0 amide bonds. The summed E-state index contributed by atoms with van der Waals surface area (Å²) in [6.07, 6.45) is -0.454. The van der Waals surface area contributed by atoms with Gasteiger partial charge in [-0.25, -0.2) is 4.39 Å². The van der Waals surface area contributed by atoms with Crippen molar-refractivity contribution in [1.29, 1.82) is 0 Å². The van der Waals surface area contributed by atoms with Crippen molar-refractivity contribution in [3.8, 4) is 0 Å². The Balaban J connectivity index is 3.01. The standard InChI is InChI=1S/C14H19FO2/c1-5-17-14(9(2)3)13(16)12-7-6-11(15)8-10(12)4/h6-9,14H,5H2,1-4H3. The lowest BCUT2D eigenvalue weighted by Crippen LogP contribution is -2.30. The molecule has 0 aliphatic carbocycles. The Bertz CT molecular complexity index is 399. The van der Waals surface area contributed by atoms with E-state index in [9.17, 15) is 9.18 Å². The van der Waals surface area contributed by atoms with Crippen molar-refractivity contribution in [2.45, 2.75) is 33.8 Å². The summed E-state index contributed by atoms with van der Waals surface area (Å²) in [5.74, 6) is -0.289. The fourth-order valence-corrected chi connectivity index (χ4v) is 1.81. The first-order chi connectivity index (χ1) is 7.97. The predicted molar refractivity (Wildman–Crippen MR) is 65.7 cm³/mol. The van der Waals surface area contributed by atoms with Crippen LogP contribution in [0.3, 0.4) is 0 Å². The van der Waals surface area contributed by atoms with E-state index < -0.39 is 6.10 Å². The third kappa shape index (κ3) is 3.37. The summed E-state index contributed by atoms with van der Waals surface area (Å²) in [6, 6.07) is 4.21. The molecular weight excluding hydrogens is 219 g/mol. The average Bonchev–Trinajstić information content (AvgIpc) is 2.24. The van der Waals surface area contributed by atoms with E-state index in [1.54, 1.807) is 6.92 Å². The third-order valence-electron chi connectivity index (χ3n) is 2.66. The molecule has 0 aliphatic heterocycles. The third-order valence-corrected chi connectivity index (χ3v) is 2.66. The summed E-state index contributed by atoms with van der Waals surface area (Å²) < 4.78 is 18.4. The minimum atomic E-state index is -0.454. The van der Waals surface area contributed by atoms with Gasteiger partial charge < -0.3 is 4.74 Å². The predicted octanol–water partition coefficient (Wildman–Crippen LogP) is 3.38. The summed E-state index contributed by atoms with van der Waals surface area (Å²) in [5, 5.41) is 0. The molecule has 0 saturated heterocycles. The zero-order valence-electron chi connectivity index (χ0n) is 10.8. The highest BCUT2D eigenvalue weighted by atomic mass is 19.1. The van der Waals surface area contributed by atoms with Gasteiger partial charge >= 0.3 is 0 Å². The van der Waals surface area contributed by atoms with Crippen LogP contribution in [0.5, 0.6) is 0 Å². The van der Waals surface area contributed by atoms with Crippen LogP contribution in [-0.2, 0) is 4.74 Å². The lowest BCUT2D eigenvalue weighted by atomic mass is 9.95. The van der Waals surface area contributed by atoms with Gasteiger partial charge in [0.25, 0.3) is 0 Å². The molecule has 0 bridgehead atoms. The smallest absolute Gasteiger partial charge is 0.192 e. The number of halogens is 1. The first-order valence-corrected chi connectivity index (χ1v) is 5.89. The molecule has 0 N–H and O–H groups in total. The lowest BCUT2D eigenvalue weighted by molar-refractivity contribution is 0.0279. The topological polar surface area (TPSA) is 26.3 Å². The molecule has 2 nitrogen and oxygen atoms in total. The molecule has 1 rings (SSSR count). The van der Waals surface area contributed by atoms with E-state index in [0.29, 0.717) is 17.7 Å². The van der Waals surface area contributed by atoms with Crippen molar-refractivity contribution in [2.75, 3.05) is 6.61 Å². The fourth-order valence-electron chi connectivity index (χ4n) is 1.81. The first-order valence-electron chi connectivity index (χ1n) is 5.89. The molecule has 0 spiro atoms. The largest absolute Gasteiger partial charge is 0.370 e. The van der Waals surface area contributed by atoms with Gasteiger partial charge in [0.1, 0.15) is 11.9 Å². The number of carbonyl (C=O) groups is 1. The summed E-state index contributed by atoms with van der Waals surface area (Å²) in [5.41, 5.74) is 1.19. The Hall–Kier alpha value is -1.22. The van der Waals surface area contributed by atoms with Crippen molar-refractivity contribution in [1.82, 2.24) is 0 Å². The molecule has 17 heavy (non-hydrogen) atoms. The Kier molecular flexibility index (Phi) is 4.82. The molecule has 0 radical (unpaired) electrons. The SMILES string of the molecule is CCOC(C(=O)c1ccc(F)cc1C)C(C)C. The fraction of sp³-hybridized carbons (Fsp3) is 0.500. The maximum atomic E-state index is 13.0. The second-order valence-corrected chi connectivity index (χ2v) is 4.44. The molecule has 0 heterocycles. The maximum absolute atomic E-state index is 13.0. The van der Waals surface area contributed by atoms with Crippen LogP contribution >= 0.6 is 0 Å². The highest BCUT2D eigenvalue weighted by Gasteiger charge is 2.24. The monoisotopic (exact) mass is 238 g/mol. The minimum Gasteiger partial charge on any atom is -0.370 e. The van der Waals surface area contributed by atoms with Crippen LogP contribution in [0.1, 0.15) is 36.7 Å². The van der Waals surface area contributed by atoms with Crippen LogP contribution < -0.4 is 0 Å². The Morgan fingerprint density at radius 2 is 2.06 bits per heavy atom. The zero-order valence-corrected chi connectivity index (χ0v) is 10.8. The van der Waals surface area contributed by atoms with Crippen molar-refractivity contribution in [3.05, 3.63) is 35.1 Å². The van der Waals surface area contributed by atoms with Gasteiger partial charge in [-0.2, -0.15) is 0 Å². The summed E-state index contributed by atoms with van der Waals surface area (Å²) in [7, 11) is 0. The molecule has 0 fully saturated rings. The number of benzene rings is 1. The number of ketones is 1. The molecule has 1 unspecified atom stereocenters. The molecular formula is C14H19FO2. The normalized spacial score (nSPS) is 12.8. The number of hydrogen-bond donors (Lipinski definition) is 0. The van der Waals surface area contributed by atoms with Gasteiger partial charge in [-0.3, -0.25) is 4.79 Å². The van der Waals surface area contributed by atoms with E-state index in [1.165, 1.54) is 18.2 Å². The second-order valence-electron chi connectivity index (χ2n) is 4.44. The number of hydrogen-bond acceptors (Lipinski definition) is 2. The molecule has 0 aromatic heterocycles. The average molecular weight is 238 g/mol. The van der Waals surface area contributed by atoms with E-state index in [0.717, 1.165) is 0 Å². The number of rotatable bonds is 5. The van der Waals surface area contributed by atoms with Crippen molar-refractivity contribution >= 4 is 5.78 Å². The van der Waals surface area contributed by atoms with Gasteiger partial charge in [-0.1, -0.05) is 13.8 Å². The van der Waals surface area contributed by atoms with Crippen molar-refractivity contribution < 1.29 is 13.9 Å². The quantitative estimate of drug-likeness (QED) is 0.735. The van der Waals surface area contributed by atoms with Crippen LogP contribution in [0, 0.1) is 18.7 Å². The molecule has 0 saturated carbocycles. The Morgan fingerprint density at radius 1 is 1.41 bits per heavy atom. The highest BCUT2D eigenvalue weighted by Crippen LogP contribution is 2.18. The van der Waals surface area contributed by atoms with E-state index >= 15 is 0 Å². The van der Waals surface area contributed by atoms with Crippen LogP contribution in [0.2, 0.25) is 0 Å². The van der Waals surface area contributed by atoms with E-state index in [2.05, 4.69) is 0 Å².